The maximum atomic E-state index is 14.9. The molecule has 1 spiro atoms. The normalized spacial score (nSPS) is 23.1. The van der Waals surface area contributed by atoms with Gasteiger partial charge >= 0.3 is 0 Å². The maximum absolute atomic E-state index is 14.9. The van der Waals surface area contributed by atoms with E-state index >= 15 is 0 Å². The van der Waals surface area contributed by atoms with E-state index in [1.54, 1.807) is 62.8 Å². The molecule has 43 heavy (non-hydrogen) atoms. The highest BCUT2D eigenvalue weighted by Crippen LogP contribution is 2.58. The van der Waals surface area contributed by atoms with E-state index in [0.717, 1.165) is 22.4 Å². The Morgan fingerprint density at radius 1 is 0.767 bits per heavy atom. The van der Waals surface area contributed by atoms with Crippen molar-refractivity contribution in [3.63, 3.8) is 0 Å². The summed E-state index contributed by atoms with van der Waals surface area (Å²) in [6, 6.07) is 27.6. The number of carbonyl (C=O) groups is 3. The summed E-state index contributed by atoms with van der Waals surface area (Å²) in [5.41, 5.74) is 3.62. The van der Waals surface area contributed by atoms with E-state index in [-0.39, 0.29) is 17.5 Å². The van der Waals surface area contributed by atoms with Gasteiger partial charge in [0.25, 0.3) is 0 Å². The SMILES string of the molecule is COc1ccc(C(=O)[C@@H]2[C@H](C(=O)c3ccc(OC)cc3)N3c4ccccc4C(C)=C[C@H]3[C@@]23C(=O)Nc2ccccc23)cc1. The van der Waals surface area contributed by atoms with Crippen molar-refractivity contribution in [3.8, 4) is 11.5 Å². The minimum Gasteiger partial charge on any atom is -0.497 e. The summed E-state index contributed by atoms with van der Waals surface area (Å²) >= 11 is 0. The summed E-state index contributed by atoms with van der Waals surface area (Å²) < 4.78 is 10.7. The van der Waals surface area contributed by atoms with Crippen molar-refractivity contribution in [2.24, 2.45) is 5.92 Å². The van der Waals surface area contributed by atoms with Crippen LogP contribution in [0, 0.1) is 5.92 Å². The first kappa shape index (κ1) is 26.7. The largest absolute Gasteiger partial charge is 0.497 e. The van der Waals surface area contributed by atoms with Crippen LogP contribution in [0.3, 0.4) is 0 Å². The first-order valence-corrected chi connectivity index (χ1v) is 14.2. The second kappa shape index (κ2) is 9.98. The number of rotatable bonds is 6. The molecule has 1 fully saturated rings. The fraction of sp³-hybridized carbons (Fsp3) is 0.194. The number of allylic oxidation sites excluding steroid dienone is 1. The zero-order valence-corrected chi connectivity index (χ0v) is 24.0. The number of hydrogen-bond acceptors (Lipinski definition) is 6. The number of amides is 1. The number of ether oxygens (including phenoxy) is 2. The van der Waals surface area contributed by atoms with Crippen molar-refractivity contribution in [1.82, 2.24) is 0 Å². The molecule has 0 saturated carbocycles. The molecule has 3 heterocycles. The Balaban J connectivity index is 1.52. The molecular weight excluding hydrogens is 540 g/mol. The van der Waals surface area contributed by atoms with Crippen LogP contribution in [0.2, 0.25) is 0 Å². The third kappa shape index (κ3) is 3.77. The van der Waals surface area contributed by atoms with Crippen LogP contribution < -0.4 is 19.7 Å². The van der Waals surface area contributed by atoms with Gasteiger partial charge in [-0.2, -0.15) is 0 Å². The van der Waals surface area contributed by atoms with E-state index in [0.29, 0.717) is 28.3 Å². The molecule has 1 N–H and O–H groups in total. The van der Waals surface area contributed by atoms with Crippen LogP contribution in [0.1, 0.15) is 38.8 Å². The summed E-state index contributed by atoms with van der Waals surface area (Å²) in [5.74, 6) is -0.620. The number of methoxy groups -OCH3 is 2. The summed E-state index contributed by atoms with van der Waals surface area (Å²) in [5, 5.41) is 3.08. The Labute approximate surface area is 249 Å². The molecule has 4 aromatic rings. The number of Topliss-reactive ketones (excluding diaryl/α,β-unsaturated/α-hetero) is 2. The van der Waals surface area contributed by atoms with Crippen molar-refractivity contribution >= 4 is 34.4 Å². The Morgan fingerprint density at radius 3 is 2.00 bits per heavy atom. The molecular formula is C36H30N2O5. The van der Waals surface area contributed by atoms with Crippen LogP contribution >= 0.6 is 0 Å². The molecule has 1 saturated heterocycles. The quantitative estimate of drug-likeness (QED) is 0.289. The van der Waals surface area contributed by atoms with Gasteiger partial charge in [-0.3, -0.25) is 14.4 Å². The zero-order chi connectivity index (χ0) is 29.9. The van der Waals surface area contributed by atoms with Crippen LogP contribution in [0.4, 0.5) is 11.4 Å². The molecule has 214 valence electrons. The van der Waals surface area contributed by atoms with Gasteiger partial charge in [-0.15, -0.1) is 0 Å². The van der Waals surface area contributed by atoms with Crippen LogP contribution in [-0.2, 0) is 10.2 Å². The lowest BCUT2D eigenvalue weighted by molar-refractivity contribution is -0.121. The van der Waals surface area contributed by atoms with Gasteiger partial charge in [0.05, 0.1) is 26.2 Å². The maximum Gasteiger partial charge on any atom is 0.238 e. The number of para-hydroxylation sites is 2. The molecule has 7 heteroatoms. The lowest BCUT2D eigenvalue weighted by atomic mass is 9.64. The van der Waals surface area contributed by atoms with Gasteiger partial charge in [-0.05, 0) is 78.7 Å². The molecule has 0 radical (unpaired) electrons. The summed E-state index contributed by atoms with van der Waals surface area (Å²) in [6.07, 6.45) is 2.06. The first-order valence-electron chi connectivity index (χ1n) is 14.2. The highest BCUT2D eigenvalue weighted by Gasteiger charge is 2.70. The van der Waals surface area contributed by atoms with Gasteiger partial charge in [0, 0.05) is 28.1 Å². The van der Waals surface area contributed by atoms with Crippen LogP contribution in [0.5, 0.6) is 11.5 Å². The predicted octanol–water partition coefficient (Wildman–Crippen LogP) is 5.95. The number of ketones is 2. The fourth-order valence-electron chi connectivity index (χ4n) is 7.25. The van der Waals surface area contributed by atoms with Crippen LogP contribution in [0.25, 0.3) is 5.57 Å². The average Bonchev–Trinajstić information content (AvgIpc) is 3.52. The number of benzene rings is 4. The van der Waals surface area contributed by atoms with Crippen molar-refractivity contribution in [2.45, 2.75) is 24.4 Å². The Kier molecular flexibility index (Phi) is 6.20. The lowest BCUT2D eigenvalue weighted by Gasteiger charge is -2.39. The molecule has 7 nitrogen and oxygen atoms in total. The number of nitrogens with zero attached hydrogens (tertiary/aromatic N) is 1. The van der Waals surface area contributed by atoms with E-state index in [2.05, 4.69) is 11.4 Å². The van der Waals surface area contributed by atoms with E-state index in [4.69, 9.17) is 9.47 Å². The average molecular weight is 571 g/mol. The standard InChI is InChI=1S/C36H30N2O5/c1-21-20-30-36(27-9-5-6-10-28(27)37-35(36)41)31(33(39)22-12-16-24(42-2)17-13-22)32(38(30)29-11-7-4-8-26(21)29)34(40)23-14-18-25(43-3)19-15-23/h4-20,30-32H,1-3H3,(H,37,41)/t30-,31-,32+,36+/m0/s1. The second-order valence-corrected chi connectivity index (χ2v) is 11.2. The van der Waals surface area contributed by atoms with Crippen molar-refractivity contribution in [1.29, 1.82) is 0 Å². The third-order valence-electron chi connectivity index (χ3n) is 9.18. The minimum atomic E-state index is -1.37. The van der Waals surface area contributed by atoms with Gasteiger partial charge in [0.2, 0.25) is 5.91 Å². The molecule has 0 aromatic heterocycles. The van der Waals surface area contributed by atoms with Crippen LogP contribution in [-0.4, -0.2) is 43.8 Å². The van der Waals surface area contributed by atoms with Gasteiger partial charge in [0.1, 0.15) is 23.0 Å². The highest BCUT2D eigenvalue weighted by atomic mass is 16.5. The highest BCUT2D eigenvalue weighted by molar-refractivity contribution is 6.18. The van der Waals surface area contributed by atoms with Gasteiger partial charge in [0.15, 0.2) is 11.6 Å². The number of hydrogen-bond donors (Lipinski definition) is 1. The number of fused-ring (bicyclic) bond motifs is 6. The summed E-state index contributed by atoms with van der Waals surface area (Å²) in [6.45, 7) is 2.02. The second-order valence-electron chi connectivity index (χ2n) is 11.2. The van der Waals surface area contributed by atoms with E-state index < -0.39 is 23.4 Å². The molecule has 0 unspecified atom stereocenters. The molecule has 4 atom stereocenters. The predicted molar refractivity (Wildman–Crippen MR) is 165 cm³/mol. The molecule has 3 aliphatic heterocycles. The van der Waals surface area contributed by atoms with Gasteiger partial charge in [-0.1, -0.05) is 42.5 Å². The van der Waals surface area contributed by atoms with Crippen molar-refractivity contribution in [3.05, 3.63) is 125 Å². The number of carbonyl (C=O) groups excluding carboxylic acids is 3. The first-order chi connectivity index (χ1) is 20.9. The topological polar surface area (TPSA) is 84.9 Å². The van der Waals surface area contributed by atoms with Gasteiger partial charge in [-0.25, -0.2) is 0 Å². The Bertz CT molecular complexity index is 1810. The molecule has 4 aromatic carbocycles. The van der Waals surface area contributed by atoms with Crippen molar-refractivity contribution in [2.75, 3.05) is 24.4 Å². The van der Waals surface area contributed by atoms with Gasteiger partial charge < -0.3 is 19.7 Å². The summed E-state index contributed by atoms with van der Waals surface area (Å²) in [4.78, 5) is 46.2. The van der Waals surface area contributed by atoms with Crippen LogP contribution in [0.15, 0.2) is 103 Å². The molecule has 7 rings (SSSR count). The molecule has 3 aliphatic rings. The molecule has 0 aliphatic carbocycles. The fourth-order valence-corrected chi connectivity index (χ4v) is 7.25. The smallest absolute Gasteiger partial charge is 0.238 e. The Morgan fingerprint density at radius 2 is 1.35 bits per heavy atom. The van der Waals surface area contributed by atoms with E-state index in [1.807, 2.05) is 60.4 Å². The zero-order valence-electron chi connectivity index (χ0n) is 24.0. The number of anilines is 2. The molecule has 1 amide bonds. The monoisotopic (exact) mass is 570 g/mol. The molecule has 0 bridgehead atoms. The minimum absolute atomic E-state index is 0.240. The Hall–Kier alpha value is -5.17. The van der Waals surface area contributed by atoms with Crippen molar-refractivity contribution < 1.29 is 23.9 Å². The lowest BCUT2D eigenvalue weighted by Crippen LogP contribution is -2.51. The number of nitrogens with one attached hydrogen (secondary N) is 1. The van der Waals surface area contributed by atoms with E-state index in [9.17, 15) is 14.4 Å². The summed E-state index contributed by atoms with van der Waals surface area (Å²) in [7, 11) is 3.14. The van der Waals surface area contributed by atoms with E-state index in [1.165, 1.54) is 0 Å². The third-order valence-corrected chi connectivity index (χ3v) is 9.18.